The minimum absolute atomic E-state index is 0. The van der Waals surface area contributed by atoms with Gasteiger partial charge in [0.1, 0.15) is 5.75 Å². The van der Waals surface area contributed by atoms with Crippen molar-refractivity contribution in [2.75, 3.05) is 53.0 Å². The Labute approximate surface area is 187 Å². The summed E-state index contributed by atoms with van der Waals surface area (Å²) in [5, 5.41) is 6.84. The predicted octanol–water partition coefficient (Wildman–Crippen LogP) is 3.08. The lowest BCUT2D eigenvalue weighted by Gasteiger charge is -2.40. The van der Waals surface area contributed by atoms with Crippen molar-refractivity contribution >= 4 is 29.9 Å². The van der Waals surface area contributed by atoms with Crippen LogP contribution in [0.4, 0.5) is 0 Å². The number of para-hydroxylation sites is 1. The third-order valence-electron chi connectivity index (χ3n) is 5.08. The van der Waals surface area contributed by atoms with E-state index in [1.54, 1.807) is 7.11 Å². The largest absolute Gasteiger partial charge is 0.496 e. The fraction of sp³-hybridized carbons (Fsp3) is 0.667. The Morgan fingerprint density at radius 2 is 1.93 bits per heavy atom. The summed E-state index contributed by atoms with van der Waals surface area (Å²) in [5.41, 5.74) is 1.22. The first-order chi connectivity index (χ1) is 13.0. The number of rotatable bonds is 8. The highest BCUT2D eigenvalue weighted by Gasteiger charge is 2.28. The Morgan fingerprint density at radius 3 is 2.57 bits per heavy atom. The van der Waals surface area contributed by atoms with E-state index in [4.69, 9.17) is 14.5 Å². The standard InChI is InChI=1S/C21H36N4O2.HI/c1-6-22-20(24-16-21(3,4)25-11-13-27-14-12-25)23-15-17(2)18-9-7-8-10-19(18)26-5;/h7-10,17H,6,11-16H2,1-5H3,(H2,22,23,24);1H. The van der Waals surface area contributed by atoms with Gasteiger partial charge in [-0.1, -0.05) is 25.1 Å². The van der Waals surface area contributed by atoms with E-state index in [1.807, 2.05) is 12.1 Å². The van der Waals surface area contributed by atoms with Crippen molar-refractivity contribution in [1.82, 2.24) is 15.5 Å². The first-order valence-electron chi connectivity index (χ1n) is 9.96. The number of aliphatic imine (C=N–C) groups is 1. The normalized spacial score (nSPS) is 16.8. The molecule has 2 rings (SSSR count). The molecule has 0 aromatic heterocycles. The van der Waals surface area contributed by atoms with Crippen molar-refractivity contribution in [3.63, 3.8) is 0 Å². The number of methoxy groups -OCH3 is 1. The fourth-order valence-corrected chi connectivity index (χ4v) is 3.32. The minimum atomic E-state index is 0. The van der Waals surface area contributed by atoms with Crippen LogP contribution < -0.4 is 15.4 Å². The molecule has 1 heterocycles. The molecule has 1 aliphatic heterocycles. The van der Waals surface area contributed by atoms with Crippen LogP contribution in [0.1, 0.15) is 39.2 Å². The molecule has 0 saturated carbocycles. The molecule has 0 spiro atoms. The monoisotopic (exact) mass is 504 g/mol. The molecule has 7 heteroatoms. The van der Waals surface area contributed by atoms with E-state index < -0.39 is 0 Å². The summed E-state index contributed by atoms with van der Waals surface area (Å²) in [4.78, 5) is 7.31. The van der Waals surface area contributed by atoms with Crippen molar-refractivity contribution < 1.29 is 9.47 Å². The molecule has 6 nitrogen and oxygen atoms in total. The number of ether oxygens (including phenoxy) is 2. The lowest BCUT2D eigenvalue weighted by atomic mass is 10.00. The zero-order valence-corrected chi connectivity index (χ0v) is 20.3. The predicted molar refractivity (Wildman–Crippen MR) is 127 cm³/mol. The Hall–Kier alpha value is -1.06. The van der Waals surface area contributed by atoms with Gasteiger partial charge in [-0.25, -0.2) is 0 Å². The first-order valence-corrected chi connectivity index (χ1v) is 9.96. The maximum atomic E-state index is 5.49. The highest BCUT2D eigenvalue weighted by atomic mass is 127. The summed E-state index contributed by atoms with van der Waals surface area (Å²) in [6.07, 6.45) is 0. The molecule has 0 bridgehead atoms. The lowest BCUT2D eigenvalue weighted by Crippen LogP contribution is -2.52. The van der Waals surface area contributed by atoms with Crippen LogP contribution in [-0.2, 0) is 4.74 Å². The number of benzene rings is 1. The third kappa shape index (κ3) is 7.40. The Balaban J connectivity index is 0.00000392. The highest BCUT2D eigenvalue weighted by molar-refractivity contribution is 14.0. The van der Waals surface area contributed by atoms with Gasteiger partial charge in [-0.05, 0) is 32.4 Å². The topological polar surface area (TPSA) is 58.1 Å². The van der Waals surface area contributed by atoms with Crippen molar-refractivity contribution in [3.05, 3.63) is 29.8 Å². The number of guanidine groups is 1. The summed E-state index contributed by atoms with van der Waals surface area (Å²) in [6.45, 7) is 14.7. The average molecular weight is 504 g/mol. The van der Waals surface area contributed by atoms with Gasteiger partial charge in [0, 0.05) is 37.6 Å². The first kappa shape index (κ1) is 25.0. The van der Waals surface area contributed by atoms with Crippen LogP contribution in [0.15, 0.2) is 29.3 Å². The van der Waals surface area contributed by atoms with Gasteiger partial charge in [-0.3, -0.25) is 9.89 Å². The maximum absolute atomic E-state index is 5.49. The van der Waals surface area contributed by atoms with Gasteiger partial charge in [0.25, 0.3) is 0 Å². The summed E-state index contributed by atoms with van der Waals surface area (Å²) >= 11 is 0. The summed E-state index contributed by atoms with van der Waals surface area (Å²) in [7, 11) is 1.72. The number of nitrogens with one attached hydrogen (secondary N) is 2. The van der Waals surface area contributed by atoms with Gasteiger partial charge in [0.2, 0.25) is 0 Å². The minimum Gasteiger partial charge on any atom is -0.496 e. The second-order valence-electron chi connectivity index (χ2n) is 7.63. The Bertz CT molecular complexity index is 604. The zero-order chi connectivity index (χ0) is 19.7. The second kappa shape index (κ2) is 12.5. The Kier molecular flexibility index (Phi) is 11.1. The molecule has 1 aromatic rings. The van der Waals surface area contributed by atoms with Crippen molar-refractivity contribution in [1.29, 1.82) is 0 Å². The van der Waals surface area contributed by atoms with Crippen molar-refractivity contribution in [2.24, 2.45) is 4.99 Å². The van der Waals surface area contributed by atoms with E-state index in [-0.39, 0.29) is 29.5 Å². The van der Waals surface area contributed by atoms with E-state index in [0.717, 1.165) is 57.6 Å². The average Bonchev–Trinajstić information content (AvgIpc) is 2.70. The molecule has 1 aromatic carbocycles. The van der Waals surface area contributed by atoms with E-state index in [0.29, 0.717) is 5.92 Å². The molecule has 0 radical (unpaired) electrons. The third-order valence-corrected chi connectivity index (χ3v) is 5.08. The number of halogens is 1. The van der Waals surface area contributed by atoms with E-state index in [1.165, 1.54) is 5.56 Å². The molecule has 0 aliphatic carbocycles. The molecule has 1 atom stereocenters. The molecule has 0 amide bonds. The second-order valence-corrected chi connectivity index (χ2v) is 7.63. The lowest BCUT2D eigenvalue weighted by molar-refractivity contribution is -0.00683. The van der Waals surface area contributed by atoms with Crippen molar-refractivity contribution in [3.8, 4) is 5.75 Å². The fourth-order valence-electron chi connectivity index (χ4n) is 3.32. The van der Waals surface area contributed by atoms with Crippen LogP contribution >= 0.6 is 24.0 Å². The van der Waals surface area contributed by atoms with Crippen LogP contribution in [0.3, 0.4) is 0 Å². The molecular formula is C21H37IN4O2. The summed E-state index contributed by atoms with van der Waals surface area (Å²) in [6, 6.07) is 8.19. The molecule has 1 aliphatic rings. The molecule has 1 unspecified atom stereocenters. The van der Waals surface area contributed by atoms with Crippen LogP contribution in [0.5, 0.6) is 5.75 Å². The molecule has 28 heavy (non-hydrogen) atoms. The zero-order valence-electron chi connectivity index (χ0n) is 18.0. The van der Waals surface area contributed by atoms with Gasteiger partial charge in [-0.2, -0.15) is 0 Å². The maximum Gasteiger partial charge on any atom is 0.191 e. The SMILES string of the molecule is CCNC(=NCC(C)(C)N1CCOCC1)NCC(C)c1ccccc1OC.I. The molecule has 1 saturated heterocycles. The highest BCUT2D eigenvalue weighted by Crippen LogP contribution is 2.25. The van der Waals surface area contributed by atoms with Crippen LogP contribution in [0.25, 0.3) is 0 Å². The van der Waals surface area contributed by atoms with Gasteiger partial charge in [0.15, 0.2) is 5.96 Å². The quantitative estimate of drug-likeness (QED) is 0.324. The van der Waals surface area contributed by atoms with Crippen LogP contribution in [0.2, 0.25) is 0 Å². The molecule has 1 fully saturated rings. The summed E-state index contributed by atoms with van der Waals surface area (Å²) in [5.74, 6) is 2.11. The van der Waals surface area contributed by atoms with Gasteiger partial charge in [-0.15, -0.1) is 24.0 Å². The van der Waals surface area contributed by atoms with Crippen LogP contribution in [0, 0.1) is 0 Å². The number of hydrogen-bond acceptors (Lipinski definition) is 4. The number of morpholine rings is 1. The molecule has 160 valence electrons. The van der Waals surface area contributed by atoms with Gasteiger partial charge in [0.05, 0.1) is 26.9 Å². The van der Waals surface area contributed by atoms with E-state index in [9.17, 15) is 0 Å². The van der Waals surface area contributed by atoms with E-state index in [2.05, 4.69) is 55.4 Å². The van der Waals surface area contributed by atoms with E-state index >= 15 is 0 Å². The molecule has 2 N–H and O–H groups in total. The smallest absolute Gasteiger partial charge is 0.191 e. The van der Waals surface area contributed by atoms with Crippen molar-refractivity contribution in [2.45, 2.75) is 39.2 Å². The molecular weight excluding hydrogens is 467 g/mol. The number of nitrogens with zero attached hydrogens (tertiary/aromatic N) is 2. The Morgan fingerprint density at radius 1 is 1.25 bits per heavy atom. The van der Waals surface area contributed by atoms with Gasteiger partial charge >= 0.3 is 0 Å². The van der Waals surface area contributed by atoms with Gasteiger partial charge < -0.3 is 20.1 Å². The van der Waals surface area contributed by atoms with Crippen LogP contribution in [-0.4, -0.2) is 69.4 Å². The summed E-state index contributed by atoms with van der Waals surface area (Å²) < 4.78 is 11.0. The number of hydrogen-bond donors (Lipinski definition) is 2.